The first-order valence-corrected chi connectivity index (χ1v) is 8.41. The SMILES string of the molecule is CC(NC(=O)NC1CCN(C(=O)OC(C)(C)C)C1)C1CCCO1. The van der Waals surface area contributed by atoms with Gasteiger partial charge in [0.2, 0.25) is 0 Å². The summed E-state index contributed by atoms with van der Waals surface area (Å²) in [5.41, 5.74) is -0.503. The van der Waals surface area contributed by atoms with Crippen molar-refractivity contribution in [2.24, 2.45) is 0 Å². The summed E-state index contributed by atoms with van der Waals surface area (Å²) in [6, 6.07) is -0.260. The summed E-state index contributed by atoms with van der Waals surface area (Å²) in [6.07, 6.45) is 2.54. The fourth-order valence-corrected chi connectivity index (χ4v) is 2.89. The molecule has 2 rings (SSSR count). The van der Waals surface area contributed by atoms with Crippen molar-refractivity contribution in [3.8, 4) is 0 Å². The highest BCUT2D eigenvalue weighted by atomic mass is 16.6. The van der Waals surface area contributed by atoms with Gasteiger partial charge in [0.15, 0.2) is 0 Å². The van der Waals surface area contributed by atoms with Crippen molar-refractivity contribution in [2.45, 2.75) is 70.7 Å². The molecule has 3 atom stereocenters. The number of carbonyl (C=O) groups is 2. The third kappa shape index (κ3) is 5.57. The maximum absolute atomic E-state index is 12.1. The number of hydrogen-bond acceptors (Lipinski definition) is 4. The quantitative estimate of drug-likeness (QED) is 0.829. The Bertz CT molecular complexity index is 430. The number of ether oxygens (including phenoxy) is 2. The number of carbonyl (C=O) groups excluding carboxylic acids is 2. The fraction of sp³-hybridized carbons (Fsp3) is 0.875. The molecule has 0 spiro atoms. The third-order valence-corrected chi connectivity index (χ3v) is 4.06. The average molecular weight is 327 g/mol. The maximum Gasteiger partial charge on any atom is 0.410 e. The van der Waals surface area contributed by atoms with Crippen LogP contribution in [0.25, 0.3) is 0 Å². The molecule has 23 heavy (non-hydrogen) atoms. The van der Waals surface area contributed by atoms with Gasteiger partial charge in [0.1, 0.15) is 5.60 Å². The van der Waals surface area contributed by atoms with Crippen molar-refractivity contribution in [1.82, 2.24) is 15.5 Å². The molecular formula is C16H29N3O4. The van der Waals surface area contributed by atoms with E-state index in [4.69, 9.17) is 9.47 Å². The minimum Gasteiger partial charge on any atom is -0.444 e. The molecule has 0 bridgehead atoms. The first-order chi connectivity index (χ1) is 10.7. The lowest BCUT2D eigenvalue weighted by atomic mass is 10.1. The average Bonchev–Trinajstić information content (AvgIpc) is 3.07. The Balaban J connectivity index is 1.72. The Morgan fingerprint density at radius 2 is 2.04 bits per heavy atom. The van der Waals surface area contributed by atoms with Crippen molar-refractivity contribution in [2.75, 3.05) is 19.7 Å². The monoisotopic (exact) mass is 327 g/mol. The lowest BCUT2D eigenvalue weighted by Crippen LogP contribution is -2.49. The molecule has 0 aromatic carbocycles. The zero-order valence-electron chi connectivity index (χ0n) is 14.6. The summed E-state index contributed by atoms with van der Waals surface area (Å²) in [7, 11) is 0. The van der Waals surface area contributed by atoms with Gasteiger partial charge in [-0.25, -0.2) is 9.59 Å². The van der Waals surface area contributed by atoms with Crippen LogP contribution in [0, 0.1) is 0 Å². The highest BCUT2D eigenvalue weighted by Crippen LogP contribution is 2.16. The van der Waals surface area contributed by atoms with Gasteiger partial charge in [-0.2, -0.15) is 0 Å². The lowest BCUT2D eigenvalue weighted by molar-refractivity contribution is 0.0291. The highest BCUT2D eigenvalue weighted by molar-refractivity contribution is 5.75. The predicted molar refractivity (Wildman–Crippen MR) is 86.3 cm³/mol. The van der Waals surface area contributed by atoms with Gasteiger partial charge in [-0.15, -0.1) is 0 Å². The molecule has 0 aromatic rings. The van der Waals surface area contributed by atoms with Crippen LogP contribution in [0.1, 0.15) is 47.0 Å². The predicted octanol–water partition coefficient (Wildman–Crippen LogP) is 1.86. The van der Waals surface area contributed by atoms with Gasteiger partial charge >= 0.3 is 12.1 Å². The smallest absolute Gasteiger partial charge is 0.410 e. The number of rotatable bonds is 3. The second kappa shape index (κ2) is 7.38. The van der Waals surface area contributed by atoms with Crippen molar-refractivity contribution >= 4 is 12.1 Å². The Morgan fingerprint density at radius 1 is 1.30 bits per heavy atom. The Morgan fingerprint density at radius 3 is 2.65 bits per heavy atom. The van der Waals surface area contributed by atoms with Crippen LogP contribution in [0.3, 0.4) is 0 Å². The van der Waals surface area contributed by atoms with Gasteiger partial charge in [0, 0.05) is 25.7 Å². The van der Waals surface area contributed by atoms with Crippen LogP contribution in [0.2, 0.25) is 0 Å². The van der Waals surface area contributed by atoms with E-state index in [2.05, 4.69) is 10.6 Å². The molecule has 3 amide bonds. The van der Waals surface area contributed by atoms with E-state index in [1.54, 1.807) is 4.90 Å². The van der Waals surface area contributed by atoms with E-state index < -0.39 is 5.60 Å². The highest BCUT2D eigenvalue weighted by Gasteiger charge is 2.31. The standard InChI is InChI=1S/C16H29N3O4/c1-11(13-6-5-9-22-13)17-14(20)18-12-7-8-19(10-12)15(21)23-16(2,3)4/h11-13H,5-10H2,1-4H3,(H2,17,18,20). The topological polar surface area (TPSA) is 79.9 Å². The summed E-state index contributed by atoms with van der Waals surface area (Å²) in [5, 5.41) is 5.85. The van der Waals surface area contributed by atoms with E-state index in [1.165, 1.54) is 0 Å². The molecule has 132 valence electrons. The molecule has 3 unspecified atom stereocenters. The zero-order valence-corrected chi connectivity index (χ0v) is 14.6. The molecule has 0 aliphatic carbocycles. The van der Waals surface area contributed by atoms with Gasteiger partial charge in [-0.05, 0) is 47.0 Å². The molecule has 2 fully saturated rings. The zero-order chi connectivity index (χ0) is 17.0. The van der Waals surface area contributed by atoms with E-state index in [0.29, 0.717) is 13.1 Å². The molecular weight excluding hydrogens is 298 g/mol. The second-order valence-corrected chi connectivity index (χ2v) is 7.37. The van der Waals surface area contributed by atoms with Crippen molar-refractivity contribution < 1.29 is 19.1 Å². The second-order valence-electron chi connectivity index (χ2n) is 7.37. The molecule has 2 heterocycles. The molecule has 2 aliphatic heterocycles. The van der Waals surface area contributed by atoms with Gasteiger partial charge in [-0.3, -0.25) is 0 Å². The number of likely N-dealkylation sites (tertiary alicyclic amines) is 1. The van der Waals surface area contributed by atoms with E-state index in [-0.39, 0.29) is 30.3 Å². The number of hydrogen-bond donors (Lipinski definition) is 2. The summed E-state index contributed by atoms with van der Waals surface area (Å²) in [6.45, 7) is 9.34. The minimum absolute atomic E-state index is 0.0131. The van der Waals surface area contributed by atoms with Crippen molar-refractivity contribution in [1.29, 1.82) is 0 Å². The number of nitrogens with zero attached hydrogens (tertiary/aromatic N) is 1. The number of urea groups is 1. The summed E-state index contributed by atoms with van der Waals surface area (Å²) in [5.74, 6) is 0. The van der Waals surface area contributed by atoms with Crippen LogP contribution < -0.4 is 10.6 Å². The summed E-state index contributed by atoms with van der Waals surface area (Å²) >= 11 is 0. The van der Waals surface area contributed by atoms with Crippen LogP contribution in [0.4, 0.5) is 9.59 Å². The summed E-state index contributed by atoms with van der Waals surface area (Å²) in [4.78, 5) is 25.7. The Hall–Kier alpha value is -1.50. The number of amides is 3. The molecule has 0 aromatic heterocycles. The van der Waals surface area contributed by atoms with E-state index >= 15 is 0 Å². The molecule has 7 heteroatoms. The van der Waals surface area contributed by atoms with Gasteiger partial charge in [0.05, 0.1) is 12.1 Å². The van der Waals surface area contributed by atoms with Crippen LogP contribution >= 0.6 is 0 Å². The van der Waals surface area contributed by atoms with Crippen LogP contribution in [-0.4, -0.2) is 60.5 Å². The van der Waals surface area contributed by atoms with Gasteiger partial charge < -0.3 is 25.0 Å². The fourth-order valence-electron chi connectivity index (χ4n) is 2.89. The normalized spacial score (nSPS) is 26.0. The summed E-state index contributed by atoms with van der Waals surface area (Å²) < 4.78 is 10.9. The maximum atomic E-state index is 12.1. The van der Waals surface area contributed by atoms with Crippen LogP contribution in [0.5, 0.6) is 0 Å². The van der Waals surface area contributed by atoms with E-state index in [9.17, 15) is 9.59 Å². The minimum atomic E-state index is -0.503. The van der Waals surface area contributed by atoms with Gasteiger partial charge in [-0.1, -0.05) is 0 Å². The third-order valence-electron chi connectivity index (χ3n) is 4.06. The molecule has 2 N–H and O–H groups in total. The van der Waals surface area contributed by atoms with Crippen LogP contribution in [-0.2, 0) is 9.47 Å². The first kappa shape index (κ1) is 17.8. The Labute approximate surface area is 138 Å². The number of nitrogens with one attached hydrogen (secondary N) is 2. The lowest BCUT2D eigenvalue weighted by Gasteiger charge is -2.25. The van der Waals surface area contributed by atoms with E-state index in [1.807, 2.05) is 27.7 Å². The largest absolute Gasteiger partial charge is 0.444 e. The Kier molecular flexibility index (Phi) is 5.73. The molecule has 0 saturated carbocycles. The van der Waals surface area contributed by atoms with Crippen LogP contribution in [0.15, 0.2) is 0 Å². The molecule has 2 aliphatic rings. The molecule has 0 radical (unpaired) electrons. The van der Waals surface area contributed by atoms with Crippen molar-refractivity contribution in [3.05, 3.63) is 0 Å². The molecule has 2 saturated heterocycles. The molecule has 7 nitrogen and oxygen atoms in total. The van der Waals surface area contributed by atoms with Gasteiger partial charge in [0.25, 0.3) is 0 Å². The van der Waals surface area contributed by atoms with E-state index in [0.717, 1.165) is 25.9 Å². The van der Waals surface area contributed by atoms with Crippen molar-refractivity contribution in [3.63, 3.8) is 0 Å². The first-order valence-electron chi connectivity index (χ1n) is 8.41.